The lowest BCUT2D eigenvalue weighted by Crippen LogP contribution is -2.59. The van der Waals surface area contributed by atoms with Crippen molar-refractivity contribution in [3.8, 4) is 0 Å². The number of aliphatic hydroxyl groups excluding tert-OH is 4. The quantitative estimate of drug-likeness (QED) is 0.0304. The maximum Gasteiger partial charge on any atom is 0.306 e. The van der Waals surface area contributed by atoms with Crippen LogP contribution in [-0.2, 0) is 28.5 Å². The number of rotatable bonds is 33. The largest absolute Gasteiger partial charge is 0.462 e. The van der Waals surface area contributed by atoms with E-state index in [0.29, 0.717) is 6.42 Å². The molecule has 4 N–H and O–H groups in total. The zero-order valence-electron chi connectivity index (χ0n) is 31.7. The van der Waals surface area contributed by atoms with Gasteiger partial charge in [-0.25, -0.2) is 0 Å². The molecule has 294 valence electrons. The highest BCUT2D eigenvalue weighted by Crippen LogP contribution is 2.22. The lowest BCUT2D eigenvalue weighted by atomic mass is 9.99. The Kier molecular flexibility index (Phi) is 29.8. The molecule has 1 heterocycles. The third-order valence-electron chi connectivity index (χ3n) is 9.40. The van der Waals surface area contributed by atoms with E-state index in [4.69, 9.17) is 18.9 Å². The monoisotopic (exact) mass is 715 g/mol. The first kappa shape index (κ1) is 46.5. The maximum absolute atomic E-state index is 12.7. The van der Waals surface area contributed by atoms with Crippen LogP contribution in [0, 0.1) is 0 Å². The van der Waals surface area contributed by atoms with Crippen LogP contribution in [0.1, 0.15) is 174 Å². The number of unbranched alkanes of at least 4 members (excludes halogenated alkanes) is 20. The minimum absolute atomic E-state index is 0.216. The third-order valence-corrected chi connectivity index (χ3v) is 9.40. The first-order chi connectivity index (χ1) is 24.3. The van der Waals surface area contributed by atoms with Crippen LogP contribution >= 0.6 is 0 Å². The standard InChI is InChI=1S/C40H74O10/c1-3-5-7-9-11-13-15-16-17-18-19-21-23-25-27-29-36(43)49-33(32-48-40-39(46)38(45)37(44)34(30-41)50-40)31-47-35(42)28-26-24-22-20-14-12-10-8-6-4-2/h16-17,33-34,37-41,44-46H,3-15,18-32H2,1-2H3/b17-16+/t33-,34-,37+,38?,39?,40-/m1/s1. The Morgan fingerprint density at radius 1 is 0.600 bits per heavy atom. The summed E-state index contributed by atoms with van der Waals surface area (Å²) in [5.41, 5.74) is 0. The molecule has 0 saturated carbocycles. The van der Waals surface area contributed by atoms with Gasteiger partial charge in [0.2, 0.25) is 0 Å². The van der Waals surface area contributed by atoms with Crippen molar-refractivity contribution < 1.29 is 49.0 Å². The minimum atomic E-state index is -1.59. The van der Waals surface area contributed by atoms with Gasteiger partial charge in [-0.3, -0.25) is 9.59 Å². The van der Waals surface area contributed by atoms with Crippen molar-refractivity contribution in [3.05, 3.63) is 12.2 Å². The summed E-state index contributed by atoms with van der Waals surface area (Å²) in [6.07, 6.45) is 23.7. The smallest absolute Gasteiger partial charge is 0.306 e. The number of allylic oxidation sites excluding steroid dienone is 2. The third kappa shape index (κ3) is 23.8. The molecule has 1 aliphatic rings. The van der Waals surface area contributed by atoms with Crippen LogP contribution in [0.3, 0.4) is 0 Å². The molecule has 1 aliphatic heterocycles. The summed E-state index contributed by atoms with van der Waals surface area (Å²) in [7, 11) is 0. The van der Waals surface area contributed by atoms with Gasteiger partial charge in [0, 0.05) is 12.8 Å². The summed E-state index contributed by atoms with van der Waals surface area (Å²) in [4.78, 5) is 25.2. The summed E-state index contributed by atoms with van der Waals surface area (Å²) in [6.45, 7) is 3.39. The first-order valence-corrected chi connectivity index (χ1v) is 20.3. The van der Waals surface area contributed by atoms with Crippen molar-refractivity contribution in [3.63, 3.8) is 0 Å². The predicted octanol–water partition coefficient (Wildman–Crippen LogP) is 7.61. The SMILES string of the molecule is CCCCCCCC/C=C/CCCCCCCC(=O)O[C@H](COC(=O)CCCCCCCCCCCC)CO[C@@H]1O[C@H](CO)[C@H](O)C(O)C1O. The lowest BCUT2D eigenvalue weighted by Gasteiger charge is -2.39. The number of carbonyl (C=O) groups excluding carboxylic acids is 2. The average molecular weight is 715 g/mol. The highest BCUT2D eigenvalue weighted by Gasteiger charge is 2.44. The molecule has 50 heavy (non-hydrogen) atoms. The van der Waals surface area contributed by atoms with Crippen LogP contribution in [0.15, 0.2) is 12.2 Å². The molecular weight excluding hydrogens is 640 g/mol. The van der Waals surface area contributed by atoms with Gasteiger partial charge in [-0.2, -0.15) is 0 Å². The average Bonchev–Trinajstić information content (AvgIpc) is 3.11. The Bertz CT molecular complexity index is 835. The number of aliphatic hydroxyl groups is 4. The fraction of sp³-hybridized carbons (Fsp3) is 0.900. The second-order valence-electron chi connectivity index (χ2n) is 14.1. The second-order valence-corrected chi connectivity index (χ2v) is 14.1. The molecule has 6 atom stereocenters. The summed E-state index contributed by atoms with van der Waals surface area (Å²) in [5.74, 6) is -0.813. The number of esters is 2. The lowest BCUT2D eigenvalue weighted by molar-refractivity contribution is -0.305. The zero-order valence-corrected chi connectivity index (χ0v) is 31.7. The Morgan fingerprint density at radius 3 is 1.56 bits per heavy atom. The molecule has 0 radical (unpaired) electrons. The molecule has 0 amide bonds. The Hall–Kier alpha value is -1.56. The van der Waals surface area contributed by atoms with Crippen LogP contribution in [0.2, 0.25) is 0 Å². The van der Waals surface area contributed by atoms with Crippen molar-refractivity contribution in [2.24, 2.45) is 0 Å². The molecule has 0 aromatic heterocycles. The molecule has 10 heteroatoms. The molecule has 0 spiro atoms. The second kappa shape index (κ2) is 32.1. The molecule has 0 bridgehead atoms. The van der Waals surface area contributed by atoms with Crippen molar-refractivity contribution in [2.45, 2.75) is 211 Å². The van der Waals surface area contributed by atoms with Gasteiger partial charge in [-0.15, -0.1) is 0 Å². The summed E-state index contributed by atoms with van der Waals surface area (Å²) >= 11 is 0. The van der Waals surface area contributed by atoms with Crippen LogP contribution < -0.4 is 0 Å². The number of carbonyl (C=O) groups is 2. The minimum Gasteiger partial charge on any atom is -0.462 e. The maximum atomic E-state index is 12.7. The van der Waals surface area contributed by atoms with Gasteiger partial charge in [-0.1, -0.05) is 135 Å². The Balaban J connectivity index is 2.38. The van der Waals surface area contributed by atoms with E-state index in [2.05, 4.69) is 26.0 Å². The Labute approximate surface area is 303 Å². The van der Waals surface area contributed by atoms with E-state index in [9.17, 15) is 30.0 Å². The highest BCUT2D eigenvalue weighted by molar-refractivity contribution is 5.70. The summed E-state index contributed by atoms with van der Waals surface area (Å²) in [6, 6.07) is 0. The number of ether oxygens (including phenoxy) is 4. The zero-order chi connectivity index (χ0) is 36.7. The van der Waals surface area contributed by atoms with E-state index in [1.165, 1.54) is 89.9 Å². The van der Waals surface area contributed by atoms with Gasteiger partial charge < -0.3 is 39.4 Å². The molecule has 10 nitrogen and oxygen atoms in total. The molecule has 2 unspecified atom stereocenters. The van der Waals surface area contributed by atoms with Crippen molar-refractivity contribution in [1.82, 2.24) is 0 Å². The molecule has 1 saturated heterocycles. The van der Waals surface area contributed by atoms with Gasteiger partial charge >= 0.3 is 11.9 Å². The van der Waals surface area contributed by atoms with Crippen LogP contribution in [-0.4, -0.2) is 89.0 Å². The summed E-state index contributed by atoms with van der Waals surface area (Å²) < 4.78 is 22.1. The van der Waals surface area contributed by atoms with Gasteiger partial charge in [0.15, 0.2) is 12.4 Å². The Morgan fingerprint density at radius 2 is 1.06 bits per heavy atom. The van der Waals surface area contributed by atoms with Gasteiger partial charge in [0.25, 0.3) is 0 Å². The van der Waals surface area contributed by atoms with E-state index in [0.717, 1.165) is 51.4 Å². The van der Waals surface area contributed by atoms with E-state index in [1.807, 2.05) is 0 Å². The molecule has 0 aromatic rings. The molecule has 1 fully saturated rings. The van der Waals surface area contributed by atoms with Gasteiger partial charge in [0.1, 0.15) is 31.0 Å². The first-order valence-electron chi connectivity index (χ1n) is 20.3. The summed E-state index contributed by atoms with van der Waals surface area (Å²) in [5, 5.41) is 39.9. The highest BCUT2D eigenvalue weighted by atomic mass is 16.7. The fourth-order valence-corrected chi connectivity index (χ4v) is 6.12. The molecular formula is C40H74O10. The molecule has 0 aromatic carbocycles. The molecule has 0 aliphatic carbocycles. The van der Waals surface area contributed by atoms with E-state index in [1.54, 1.807) is 0 Å². The van der Waals surface area contributed by atoms with E-state index in [-0.39, 0.29) is 32.0 Å². The molecule has 1 rings (SSSR count). The van der Waals surface area contributed by atoms with E-state index < -0.39 is 49.4 Å². The van der Waals surface area contributed by atoms with E-state index >= 15 is 0 Å². The van der Waals surface area contributed by atoms with Crippen molar-refractivity contribution in [2.75, 3.05) is 19.8 Å². The van der Waals surface area contributed by atoms with Crippen LogP contribution in [0.4, 0.5) is 0 Å². The normalized spacial score (nSPS) is 21.4. The topological polar surface area (TPSA) is 152 Å². The predicted molar refractivity (Wildman–Crippen MR) is 196 cm³/mol. The van der Waals surface area contributed by atoms with Crippen molar-refractivity contribution in [1.29, 1.82) is 0 Å². The van der Waals surface area contributed by atoms with Crippen LogP contribution in [0.25, 0.3) is 0 Å². The fourth-order valence-electron chi connectivity index (χ4n) is 6.12. The number of hydrogen-bond acceptors (Lipinski definition) is 10. The van der Waals surface area contributed by atoms with Crippen LogP contribution in [0.5, 0.6) is 0 Å². The van der Waals surface area contributed by atoms with Gasteiger partial charge in [0.05, 0.1) is 13.2 Å². The number of hydrogen-bond donors (Lipinski definition) is 4. The van der Waals surface area contributed by atoms with Gasteiger partial charge in [-0.05, 0) is 38.5 Å². The van der Waals surface area contributed by atoms with Crippen molar-refractivity contribution >= 4 is 11.9 Å².